The lowest BCUT2D eigenvalue weighted by Gasteiger charge is -2.12. The van der Waals surface area contributed by atoms with Crippen LogP contribution in [0.3, 0.4) is 0 Å². The van der Waals surface area contributed by atoms with Crippen molar-refractivity contribution in [3.8, 4) is 0 Å². The van der Waals surface area contributed by atoms with Crippen molar-refractivity contribution in [2.75, 3.05) is 0 Å². The topological polar surface area (TPSA) is 12.0 Å². The number of rotatable bonds is 5. The Morgan fingerprint density at radius 2 is 1.80 bits per heavy atom. The van der Waals surface area contributed by atoms with Gasteiger partial charge in [0.15, 0.2) is 0 Å². The molecule has 0 amide bonds. The fraction of sp³-hybridized carbons (Fsp3) is 0.571. The van der Waals surface area contributed by atoms with Gasteiger partial charge >= 0.3 is 0 Å². The molecule has 1 aliphatic rings. The number of hydrogen-bond donors (Lipinski definition) is 1. The second-order valence-electron chi connectivity index (χ2n) is 4.68. The van der Waals surface area contributed by atoms with Crippen molar-refractivity contribution in [2.24, 2.45) is 5.92 Å². The SMILES string of the molecule is CCc1ccc(CNC(C)C2CC2)cc1. The van der Waals surface area contributed by atoms with Gasteiger partial charge in [0.25, 0.3) is 0 Å². The van der Waals surface area contributed by atoms with Gasteiger partial charge in [-0.2, -0.15) is 0 Å². The van der Waals surface area contributed by atoms with E-state index >= 15 is 0 Å². The Balaban J connectivity index is 1.81. The van der Waals surface area contributed by atoms with Crippen LogP contribution >= 0.6 is 0 Å². The van der Waals surface area contributed by atoms with Gasteiger partial charge in [-0.15, -0.1) is 0 Å². The van der Waals surface area contributed by atoms with Gasteiger partial charge in [0.05, 0.1) is 0 Å². The normalized spacial score (nSPS) is 17.7. The molecule has 1 aliphatic carbocycles. The third-order valence-electron chi connectivity index (χ3n) is 3.39. The lowest BCUT2D eigenvalue weighted by Crippen LogP contribution is -2.27. The van der Waals surface area contributed by atoms with Crippen molar-refractivity contribution in [3.05, 3.63) is 35.4 Å². The Morgan fingerprint density at radius 1 is 1.20 bits per heavy atom. The second-order valence-corrected chi connectivity index (χ2v) is 4.68. The number of aryl methyl sites for hydroxylation is 1. The minimum absolute atomic E-state index is 0.691. The highest BCUT2D eigenvalue weighted by molar-refractivity contribution is 5.22. The average molecular weight is 203 g/mol. The molecule has 1 aromatic carbocycles. The van der Waals surface area contributed by atoms with Crippen molar-refractivity contribution in [1.82, 2.24) is 5.32 Å². The lowest BCUT2D eigenvalue weighted by atomic mass is 10.1. The highest BCUT2D eigenvalue weighted by atomic mass is 14.9. The zero-order chi connectivity index (χ0) is 10.7. The maximum Gasteiger partial charge on any atom is 0.0208 e. The minimum atomic E-state index is 0.691. The van der Waals surface area contributed by atoms with E-state index in [0.29, 0.717) is 6.04 Å². The van der Waals surface area contributed by atoms with Crippen LogP contribution in [-0.4, -0.2) is 6.04 Å². The monoisotopic (exact) mass is 203 g/mol. The van der Waals surface area contributed by atoms with E-state index in [4.69, 9.17) is 0 Å². The highest BCUT2D eigenvalue weighted by Crippen LogP contribution is 2.32. The summed E-state index contributed by atoms with van der Waals surface area (Å²) in [5.41, 5.74) is 2.83. The first kappa shape index (κ1) is 10.7. The molecule has 0 aliphatic heterocycles. The molecule has 1 fully saturated rings. The van der Waals surface area contributed by atoms with Gasteiger partial charge in [-0.3, -0.25) is 0 Å². The fourth-order valence-corrected chi connectivity index (χ4v) is 1.93. The molecule has 0 spiro atoms. The van der Waals surface area contributed by atoms with E-state index in [1.807, 2.05) is 0 Å². The maximum atomic E-state index is 3.60. The van der Waals surface area contributed by atoms with E-state index in [1.54, 1.807) is 0 Å². The molecule has 0 bridgehead atoms. The second kappa shape index (κ2) is 4.80. The molecule has 82 valence electrons. The van der Waals surface area contributed by atoms with Crippen LogP contribution in [0.2, 0.25) is 0 Å². The van der Waals surface area contributed by atoms with Crippen molar-refractivity contribution in [2.45, 2.75) is 45.7 Å². The first-order valence-electron chi connectivity index (χ1n) is 6.10. The van der Waals surface area contributed by atoms with Gasteiger partial charge in [-0.05, 0) is 43.2 Å². The summed E-state index contributed by atoms with van der Waals surface area (Å²) < 4.78 is 0. The van der Waals surface area contributed by atoms with E-state index in [0.717, 1.165) is 18.9 Å². The van der Waals surface area contributed by atoms with E-state index in [-0.39, 0.29) is 0 Å². The van der Waals surface area contributed by atoms with Crippen LogP contribution in [-0.2, 0) is 13.0 Å². The number of hydrogen-bond acceptors (Lipinski definition) is 1. The molecule has 1 heteroatoms. The van der Waals surface area contributed by atoms with Gasteiger partial charge < -0.3 is 5.32 Å². The fourth-order valence-electron chi connectivity index (χ4n) is 1.93. The van der Waals surface area contributed by atoms with Crippen LogP contribution in [0.1, 0.15) is 37.8 Å². The molecule has 1 N–H and O–H groups in total. The predicted octanol–water partition coefficient (Wildman–Crippen LogP) is 3.14. The third-order valence-corrected chi connectivity index (χ3v) is 3.39. The van der Waals surface area contributed by atoms with Crippen LogP contribution in [0.4, 0.5) is 0 Å². The molecular weight excluding hydrogens is 182 g/mol. The van der Waals surface area contributed by atoms with E-state index < -0.39 is 0 Å². The summed E-state index contributed by atoms with van der Waals surface area (Å²) in [5.74, 6) is 0.944. The zero-order valence-corrected chi connectivity index (χ0v) is 9.79. The third kappa shape index (κ3) is 3.07. The van der Waals surface area contributed by atoms with Crippen LogP contribution < -0.4 is 5.32 Å². The molecule has 0 heterocycles. The van der Waals surface area contributed by atoms with Gasteiger partial charge in [-0.25, -0.2) is 0 Å². The Hall–Kier alpha value is -0.820. The molecule has 2 rings (SSSR count). The average Bonchev–Trinajstić information content (AvgIpc) is 3.10. The number of benzene rings is 1. The van der Waals surface area contributed by atoms with Crippen LogP contribution in [0.15, 0.2) is 24.3 Å². The summed E-state index contributed by atoms with van der Waals surface area (Å²) in [6.07, 6.45) is 3.97. The Kier molecular flexibility index (Phi) is 3.42. The van der Waals surface area contributed by atoms with Gasteiger partial charge in [-0.1, -0.05) is 31.2 Å². The number of nitrogens with one attached hydrogen (secondary N) is 1. The quantitative estimate of drug-likeness (QED) is 0.775. The molecule has 1 nitrogen and oxygen atoms in total. The molecule has 0 aromatic heterocycles. The van der Waals surface area contributed by atoms with E-state index in [2.05, 4.69) is 43.4 Å². The molecule has 1 unspecified atom stereocenters. The Labute approximate surface area is 92.9 Å². The summed E-state index contributed by atoms with van der Waals surface area (Å²) in [4.78, 5) is 0. The minimum Gasteiger partial charge on any atom is -0.310 e. The zero-order valence-electron chi connectivity index (χ0n) is 9.79. The lowest BCUT2D eigenvalue weighted by molar-refractivity contribution is 0.496. The Morgan fingerprint density at radius 3 is 2.33 bits per heavy atom. The summed E-state index contributed by atoms with van der Waals surface area (Å²) in [5, 5.41) is 3.60. The van der Waals surface area contributed by atoms with Crippen molar-refractivity contribution in [1.29, 1.82) is 0 Å². The van der Waals surface area contributed by atoms with Gasteiger partial charge in [0.1, 0.15) is 0 Å². The van der Waals surface area contributed by atoms with Crippen LogP contribution in [0.5, 0.6) is 0 Å². The van der Waals surface area contributed by atoms with Crippen LogP contribution in [0.25, 0.3) is 0 Å². The standard InChI is InChI=1S/C14H21N/c1-3-12-4-6-13(7-5-12)10-15-11(2)14-8-9-14/h4-7,11,14-15H,3,8-10H2,1-2H3. The van der Waals surface area contributed by atoms with Crippen molar-refractivity contribution in [3.63, 3.8) is 0 Å². The van der Waals surface area contributed by atoms with E-state index in [1.165, 1.54) is 24.0 Å². The summed E-state index contributed by atoms with van der Waals surface area (Å²) in [6.45, 7) is 5.52. The van der Waals surface area contributed by atoms with Gasteiger partial charge in [0.2, 0.25) is 0 Å². The smallest absolute Gasteiger partial charge is 0.0208 e. The molecule has 0 saturated heterocycles. The largest absolute Gasteiger partial charge is 0.310 e. The van der Waals surface area contributed by atoms with Gasteiger partial charge in [0, 0.05) is 12.6 Å². The molecule has 1 saturated carbocycles. The summed E-state index contributed by atoms with van der Waals surface area (Å²) in [7, 11) is 0. The van der Waals surface area contributed by atoms with Crippen molar-refractivity contribution < 1.29 is 0 Å². The maximum absolute atomic E-state index is 3.60. The molecule has 1 atom stereocenters. The first-order chi connectivity index (χ1) is 7.29. The van der Waals surface area contributed by atoms with E-state index in [9.17, 15) is 0 Å². The van der Waals surface area contributed by atoms with Crippen molar-refractivity contribution >= 4 is 0 Å². The summed E-state index contributed by atoms with van der Waals surface area (Å²) >= 11 is 0. The molecular formula is C14H21N. The predicted molar refractivity (Wildman–Crippen MR) is 64.8 cm³/mol. The first-order valence-corrected chi connectivity index (χ1v) is 6.10. The summed E-state index contributed by atoms with van der Waals surface area (Å²) in [6, 6.07) is 9.64. The Bertz CT molecular complexity index is 298. The molecule has 15 heavy (non-hydrogen) atoms. The molecule has 0 radical (unpaired) electrons. The molecule has 1 aromatic rings. The van der Waals surface area contributed by atoms with Crippen LogP contribution in [0, 0.1) is 5.92 Å². The highest BCUT2D eigenvalue weighted by Gasteiger charge is 2.27.